The molecule has 0 aliphatic heterocycles. The normalized spacial score (nSPS) is 19.5. The third-order valence-electron chi connectivity index (χ3n) is 2.08. The van der Waals surface area contributed by atoms with Crippen molar-refractivity contribution in [3.05, 3.63) is 60.3 Å². The highest BCUT2D eigenvalue weighted by molar-refractivity contribution is 5.37. The summed E-state index contributed by atoms with van der Waals surface area (Å²) in [6, 6.07) is 0. The maximum Gasteiger partial charge on any atom is -0.00916 e. The van der Waals surface area contributed by atoms with Crippen LogP contribution in [0.1, 0.15) is 19.8 Å². The summed E-state index contributed by atoms with van der Waals surface area (Å²) in [5.74, 6) is 0. The first-order valence-electron chi connectivity index (χ1n) is 4.72. The quantitative estimate of drug-likeness (QED) is 0.565. The first-order chi connectivity index (χ1) is 6.36. The van der Waals surface area contributed by atoms with E-state index >= 15 is 0 Å². The largest absolute Gasteiger partial charge is 0.0991 e. The molecule has 0 spiro atoms. The van der Waals surface area contributed by atoms with Crippen LogP contribution in [0, 0.1) is 0 Å². The third kappa shape index (κ3) is 3.29. The van der Waals surface area contributed by atoms with E-state index in [-0.39, 0.29) is 0 Å². The van der Waals surface area contributed by atoms with Gasteiger partial charge in [-0.3, -0.25) is 0 Å². The Morgan fingerprint density at radius 1 is 1.38 bits per heavy atom. The first-order valence-corrected chi connectivity index (χ1v) is 4.72. The molecule has 0 saturated carbocycles. The van der Waals surface area contributed by atoms with Crippen molar-refractivity contribution in [2.24, 2.45) is 0 Å². The topological polar surface area (TPSA) is 0 Å². The van der Waals surface area contributed by atoms with E-state index in [0.717, 1.165) is 12.8 Å². The zero-order valence-corrected chi connectivity index (χ0v) is 8.16. The lowest BCUT2D eigenvalue weighted by Crippen LogP contribution is -1.85. The Balaban J connectivity index is 2.56. The summed E-state index contributed by atoms with van der Waals surface area (Å²) >= 11 is 0. The smallest absolute Gasteiger partial charge is 0.00916 e. The number of rotatable bonds is 3. The average Bonchev–Trinajstić information content (AvgIpc) is 2.19. The molecule has 0 aromatic rings. The van der Waals surface area contributed by atoms with Crippen molar-refractivity contribution < 1.29 is 0 Å². The van der Waals surface area contributed by atoms with E-state index < -0.39 is 0 Å². The summed E-state index contributed by atoms with van der Waals surface area (Å²) in [4.78, 5) is 0. The molecule has 68 valence electrons. The molecule has 1 rings (SSSR count). The Labute approximate surface area is 80.7 Å². The van der Waals surface area contributed by atoms with Crippen molar-refractivity contribution in [1.82, 2.24) is 0 Å². The van der Waals surface area contributed by atoms with Crippen LogP contribution in [-0.4, -0.2) is 0 Å². The van der Waals surface area contributed by atoms with Crippen LogP contribution in [-0.2, 0) is 0 Å². The lowest BCUT2D eigenvalue weighted by Gasteiger charge is -2.05. The molecule has 0 N–H and O–H groups in total. The second-order valence-corrected chi connectivity index (χ2v) is 3.03. The summed E-state index contributed by atoms with van der Waals surface area (Å²) in [7, 11) is 0. The molecular weight excluding hydrogens is 156 g/mol. The van der Waals surface area contributed by atoms with Gasteiger partial charge in [0.2, 0.25) is 0 Å². The Kier molecular flexibility index (Phi) is 4.04. The van der Waals surface area contributed by atoms with Crippen molar-refractivity contribution in [2.75, 3.05) is 0 Å². The van der Waals surface area contributed by atoms with Crippen LogP contribution < -0.4 is 0 Å². The van der Waals surface area contributed by atoms with E-state index in [1.54, 1.807) is 6.08 Å². The van der Waals surface area contributed by atoms with Crippen LogP contribution in [0.15, 0.2) is 60.3 Å². The fraction of sp³-hybridized carbons (Fsp3) is 0.231. The van der Waals surface area contributed by atoms with Crippen LogP contribution in [0.4, 0.5) is 0 Å². The molecule has 0 aromatic heterocycles. The van der Waals surface area contributed by atoms with E-state index in [1.807, 2.05) is 12.2 Å². The second kappa shape index (κ2) is 5.36. The van der Waals surface area contributed by atoms with Crippen LogP contribution in [0.2, 0.25) is 0 Å². The molecule has 1 aliphatic carbocycles. The van der Waals surface area contributed by atoms with E-state index in [1.165, 1.54) is 11.1 Å². The maximum absolute atomic E-state index is 3.62. The van der Waals surface area contributed by atoms with Crippen LogP contribution in [0.3, 0.4) is 0 Å². The SMILES string of the molecule is C=C/C=C\C=C1\C=CC(CC)=CC1. The van der Waals surface area contributed by atoms with Gasteiger partial charge in [0, 0.05) is 0 Å². The Bertz CT molecular complexity index is 285. The minimum Gasteiger partial charge on any atom is -0.0991 e. The van der Waals surface area contributed by atoms with Gasteiger partial charge in [0.05, 0.1) is 0 Å². The lowest BCUT2D eigenvalue weighted by atomic mass is 10.0. The highest BCUT2D eigenvalue weighted by Gasteiger charge is 1.97. The molecule has 0 fully saturated rings. The predicted molar refractivity (Wildman–Crippen MR) is 59.6 cm³/mol. The molecule has 0 saturated heterocycles. The van der Waals surface area contributed by atoms with Crippen molar-refractivity contribution in [2.45, 2.75) is 19.8 Å². The maximum atomic E-state index is 3.62. The van der Waals surface area contributed by atoms with E-state index in [4.69, 9.17) is 0 Å². The highest BCUT2D eigenvalue weighted by Crippen LogP contribution is 2.17. The van der Waals surface area contributed by atoms with Gasteiger partial charge in [0.1, 0.15) is 0 Å². The third-order valence-corrected chi connectivity index (χ3v) is 2.08. The zero-order valence-electron chi connectivity index (χ0n) is 8.16. The summed E-state index contributed by atoms with van der Waals surface area (Å²) < 4.78 is 0. The molecule has 13 heavy (non-hydrogen) atoms. The van der Waals surface area contributed by atoms with Gasteiger partial charge in [-0.25, -0.2) is 0 Å². The fourth-order valence-corrected chi connectivity index (χ4v) is 1.24. The number of hydrogen-bond donors (Lipinski definition) is 0. The van der Waals surface area contributed by atoms with Gasteiger partial charge in [-0.2, -0.15) is 0 Å². The summed E-state index contributed by atoms with van der Waals surface area (Å²) in [6.07, 6.45) is 16.7. The molecule has 0 unspecified atom stereocenters. The Hall–Kier alpha value is -1.30. The van der Waals surface area contributed by atoms with Crippen molar-refractivity contribution in [3.63, 3.8) is 0 Å². The molecule has 0 bridgehead atoms. The van der Waals surface area contributed by atoms with Gasteiger partial charge in [-0.05, 0) is 18.4 Å². The monoisotopic (exact) mass is 172 g/mol. The van der Waals surface area contributed by atoms with Gasteiger partial charge in [0.25, 0.3) is 0 Å². The minimum absolute atomic E-state index is 1.06. The van der Waals surface area contributed by atoms with Gasteiger partial charge in [0.15, 0.2) is 0 Å². The Morgan fingerprint density at radius 2 is 2.23 bits per heavy atom. The fourth-order valence-electron chi connectivity index (χ4n) is 1.24. The molecule has 0 amide bonds. The lowest BCUT2D eigenvalue weighted by molar-refractivity contribution is 1.09. The van der Waals surface area contributed by atoms with Gasteiger partial charge >= 0.3 is 0 Å². The predicted octanol–water partition coefficient (Wildman–Crippen LogP) is 3.95. The van der Waals surface area contributed by atoms with Crippen molar-refractivity contribution >= 4 is 0 Å². The van der Waals surface area contributed by atoms with Crippen LogP contribution in [0.25, 0.3) is 0 Å². The highest BCUT2D eigenvalue weighted by atomic mass is 14.0. The molecule has 0 radical (unpaired) electrons. The second-order valence-electron chi connectivity index (χ2n) is 3.03. The van der Waals surface area contributed by atoms with Crippen molar-refractivity contribution in [3.8, 4) is 0 Å². The van der Waals surface area contributed by atoms with Crippen molar-refractivity contribution in [1.29, 1.82) is 0 Å². The molecule has 0 aromatic carbocycles. The molecule has 0 nitrogen and oxygen atoms in total. The van der Waals surface area contributed by atoms with Crippen LogP contribution >= 0.6 is 0 Å². The first kappa shape index (κ1) is 9.79. The van der Waals surface area contributed by atoms with Gasteiger partial charge in [-0.1, -0.05) is 61.6 Å². The zero-order chi connectivity index (χ0) is 9.52. The molecule has 1 aliphatic rings. The van der Waals surface area contributed by atoms with E-state index in [9.17, 15) is 0 Å². The molecular formula is C13H16. The summed E-state index contributed by atoms with van der Waals surface area (Å²) in [5.41, 5.74) is 2.79. The molecule has 0 heterocycles. The minimum atomic E-state index is 1.06. The summed E-state index contributed by atoms with van der Waals surface area (Å²) in [5, 5.41) is 0. The van der Waals surface area contributed by atoms with E-state index in [2.05, 4.69) is 37.8 Å². The summed E-state index contributed by atoms with van der Waals surface area (Å²) in [6.45, 7) is 5.81. The standard InChI is InChI=1S/C13H16/c1-3-5-6-7-13-10-8-12(4-2)9-11-13/h3,5-10H,1,4,11H2,2H3/b6-5-,13-7-. The number of allylic oxidation sites excluding steroid dienone is 9. The van der Waals surface area contributed by atoms with Gasteiger partial charge in [-0.15, -0.1) is 0 Å². The number of hydrogen-bond acceptors (Lipinski definition) is 0. The average molecular weight is 172 g/mol. The van der Waals surface area contributed by atoms with Gasteiger partial charge < -0.3 is 0 Å². The molecule has 0 atom stereocenters. The van der Waals surface area contributed by atoms with E-state index in [0.29, 0.717) is 0 Å². The van der Waals surface area contributed by atoms with Crippen LogP contribution in [0.5, 0.6) is 0 Å². The Morgan fingerprint density at radius 3 is 2.77 bits per heavy atom. The molecule has 0 heteroatoms.